The topological polar surface area (TPSA) is 130 Å². The molecule has 2 aromatic heterocycles. The molecule has 200 valence electrons. The van der Waals surface area contributed by atoms with Crippen molar-refractivity contribution >= 4 is 28.6 Å². The van der Waals surface area contributed by atoms with Gasteiger partial charge in [-0.3, -0.25) is 9.59 Å². The number of aromatic amines is 1. The number of hydrogen-bond donors (Lipinski definition) is 2. The van der Waals surface area contributed by atoms with Gasteiger partial charge in [-0.2, -0.15) is 5.10 Å². The molecule has 39 heavy (non-hydrogen) atoms. The number of esters is 1. The highest BCUT2D eigenvalue weighted by Crippen LogP contribution is 2.23. The van der Waals surface area contributed by atoms with Crippen LogP contribution < -0.4 is 10.9 Å². The highest BCUT2D eigenvalue weighted by atomic mass is 19.1. The third-order valence-electron chi connectivity index (χ3n) is 6.93. The number of halogens is 1. The number of hydrogen-bond acceptors (Lipinski definition) is 8. The summed E-state index contributed by atoms with van der Waals surface area (Å²) in [5, 5.41) is 11.1. The molecule has 1 aliphatic rings. The Hall–Kier alpha value is -4.67. The van der Waals surface area contributed by atoms with Gasteiger partial charge in [0.25, 0.3) is 11.5 Å². The maximum absolute atomic E-state index is 14.7. The van der Waals surface area contributed by atoms with Crippen LogP contribution in [0, 0.1) is 11.7 Å². The number of nitrogens with zero attached hydrogens (tertiary/aromatic N) is 4. The van der Waals surface area contributed by atoms with Gasteiger partial charge < -0.3 is 15.0 Å². The lowest BCUT2D eigenvalue weighted by atomic mass is 9.96. The number of H-pyrrole nitrogens is 1. The lowest BCUT2D eigenvalue weighted by molar-refractivity contribution is 0.0599. The number of methoxy groups -OCH3 is 1. The SMILES string of the molecule is COC(=O)c1cnc(NCC2CCN(C(=O)c3cc(Cc4n[nH]c(=O)c5ccccc45)ccc3F)CC2)nc1. The third kappa shape index (κ3) is 5.77. The van der Waals surface area contributed by atoms with E-state index in [2.05, 4.69) is 30.2 Å². The second-order valence-electron chi connectivity index (χ2n) is 9.44. The van der Waals surface area contributed by atoms with E-state index in [1.807, 2.05) is 12.1 Å². The summed E-state index contributed by atoms with van der Waals surface area (Å²) in [6, 6.07) is 11.7. The number of benzene rings is 2. The Kier molecular flexibility index (Phi) is 7.57. The molecule has 0 unspecified atom stereocenters. The fraction of sp³-hybridized carbons (Fsp3) is 0.286. The Morgan fingerprint density at radius 3 is 2.54 bits per heavy atom. The average Bonchev–Trinajstić information content (AvgIpc) is 2.98. The fourth-order valence-electron chi connectivity index (χ4n) is 4.73. The normalized spacial score (nSPS) is 13.8. The molecule has 1 fully saturated rings. The van der Waals surface area contributed by atoms with Crippen molar-refractivity contribution in [2.45, 2.75) is 19.3 Å². The van der Waals surface area contributed by atoms with Crippen molar-refractivity contribution in [1.82, 2.24) is 25.1 Å². The summed E-state index contributed by atoms with van der Waals surface area (Å²) in [6.45, 7) is 1.62. The number of carbonyl (C=O) groups excluding carboxylic acids is 2. The van der Waals surface area contributed by atoms with Crippen molar-refractivity contribution in [2.24, 2.45) is 5.92 Å². The number of nitrogens with one attached hydrogen (secondary N) is 2. The molecule has 0 spiro atoms. The summed E-state index contributed by atoms with van der Waals surface area (Å²) < 4.78 is 19.4. The van der Waals surface area contributed by atoms with E-state index in [-0.39, 0.29) is 28.5 Å². The maximum Gasteiger partial charge on any atom is 0.341 e. The second kappa shape index (κ2) is 11.4. The Morgan fingerprint density at radius 1 is 1.10 bits per heavy atom. The maximum atomic E-state index is 14.7. The zero-order valence-corrected chi connectivity index (χ0v) is 21.3. The van der Waals surface area contributed by atoms with Crippen LogP contribution in [0.5, 0.6) is 0 Å². The van der Waals surface area contributed by atoms with Crippen molar-refractivity contribution in [3.63, 3.8) is 0 Å². The van der Waals surface area contributed by atoms with E-state index in [1.54, 1.807) is 29.2 Å². The minimum atomic E-state index is -0.570. The first-order chi connectivity index (χ1) is 18.9. The van der Waals surface area contributed by atoms with Gasteiger partial charge in [-0.15, -0.1) is 0 Å². The highest BCUT2D eigenvalue weighted by molar-refractivity contribution is 5.95. The van der Waals surface area contributed by atoms with Gasteiger partial charge in [0.2, 0.25) is 5.95 Å². The fourth-order valence-corrected chi connectivity index (χ4v) is 4.73. The molecule has 0 saturated carbocycles. The first-order valence-corrected chi connectivity index (χ1v) is 12.6. The molecule has 1 aliphatic heterocycles. The van der Waals surface area contributed by atoms with Crippen molar-refractivity contribution in [1.29, 1.82) is 0 Å². The van der Waals surface area contributed by atoms with Crippen LogP contribution in [-0.4, -0.2) is 63.7 Å². The van der Waals surface area contributed by atoms with Crippen LogP contribution in [0.15, 0.2) is 59.7 Å². The van der Waals surface area contributed by atoms with Crippen molar-refractivity contribution in [2.75, 3.05) is 32.1 Å². The number of carbonyl (C=O) groups is 2. The molecule has 0 bridgehead atoms. The van der Waals surface area contributed by atoms with Crippen molar-refractivity contribution in [3.05, 3.63) is 93.4 Å². The van der Waals surface area contributed by atoms with Crippen LogP contribution in [-0.2, 0) is 11.2 Å². The number of ether oxygens (including phenoxy) is 1. The molecule has 1 saturated heterocycles. The zero-order chi connectivity index (χ0) is 27.4. The van der Waals surface area contributed by atoms with Crippen LogP contribution in [0.25, 0.3) is 10.8 Å². The van der Waals surface area contributed by atoms with Gasteiger partial charge in [-0.05, 0) is 42.5 Å². The van der Waals surface area contributed by atoms with E-state index in [9.17, 15) is 18.8 Å². The Labute approximate surface area is 223 Å². The highest BCUT2D eigenvalue weighted by Gasteiger charge is 2.26. The molecule has 0 radical (unpaired) electrons. The van der Waals surface area contributed by atoms with Crippen molar-refractivity contribution in [3.8, 4) is 0 Å². The summed E-state index contributed by atoms with van der Waals surface area (Å²) in [7, 11) is 1.30. The van der Waals surface area contributed by atoms with Gasteiger partial charge >= 0.3 is 5.97 Å². The molecule has 3 heterocycles. The molecule has 2 aromatic carbocycles. The molecule has 10 nitrogen and oxygen atoms in total. The first-order valence-electron chi connectivity index (χ1n) is 12.6. The summed E-state index contributed by atoms with van der Waals surface area (Å²) in [4.78, 5) is 46.8. The number of piperidine rings is 1. The van der Waals surface area contributed by atoms with Gasteiger partial charge in [0, 0.05) is 43.8 Å². The molecule has 0 atom stereocenters. The van der Waals surface area contributed by atoms with E-state index in [0.717, 1.165) is 23.8 Å². The molecule has 0 aliphatic carbocycles. The number of aromatic nitrogens is 4. The van der Waals surface area contributed by atoms with Crippen LogP contribution >= 0.6 is 0 Å². The number of amides is 1. The number of fused-ring (bicyclic) bond motifs is 1. The second-order valence-corrected chi connectivity index (χ2v) is 9.44. The predicted molar refractivity (Wildman–Crippen MR) is 142 cm³/mol. The molecular formula is C28H27FN6O4. The van der Waals surface area contributed by atoms with Gasteiger partial charge in [-0.1, -0.05) is 24.3 Å². The Morgan fingerprint density at radius 2 is 1.82 bits per heavy atom. The number of rotatable bonds is 7. The van der Waals surface area contributed by atoms with E-state index in [0.29, 0.717) is 43.1 Å². The minimum absolute atomic E-state index is 0.0249. The summed E-state index contributed by atoms with van der Waals surface area (Å²) in [6.07, 6.45) is 4.64. The van der Waals surface area contributed by atoms with Gasteiger partial charge in [0.05, 0.1) is 29.3 Å². The summed E-state index contributed by atoms with van der Waals surface area (Å²) in [5.74, 6) is -0.721. The number of likely N-dealkylation sites (tertiary alicyclic amines) is 1. The Bertz CT molecular complexity index is 1560. The summed E-state index contributed by atoms with van der Waals surface area (Å²) >= 11 is 0. The molecule has 4 aromatic rings. The molecule has 11 heteroatoms. The largest absolute Gasteiger partial charge is 0.465 e. The third-order valence-corrected chi connectivity index (χ3v) is 6.93. The summed E-state index contributed by atoms with van der Waals surface area (Å²) in [5.41, 5.74) is 1.40. The van der Waals surface area contributed by atoms with Crippen LogP contribution in [0.1, 0.15) is 44.8 Å². The molecule has 2 N–H and O–H groups in total. The smallest absolute Gasteiger partial charge is 0.341 e. The van der Waals surface area contributed by atoms with E-state index < -0.39 is 11.8 Å². The first kappa shape index (κ1) is 26.0. The standard InChI is InChI=1S/C28H27FN6O4/c1-39-27(38)19-15-31-28(32-16-19)30-14-17-8-10-35(11-9-17)26(37)22-12-18(6-7-23(22)29)13-24-20-4-2-3-5-21(20)25(36)34-33-24/h2-7,12,15-17H,8-11,13-14H2,1H3,(H,34,36)(H,30,31,32). The lowest BCUT2D eigenvalue weighted by Gasteiger charge is -2.32. The quantitative estimate of drug-likeness (QED) is 0.349. The van der Waals surface area contributed by atoms with Gasteiger partial charge in [0.15, 0.2) is 0 Å². The molecule has 1 amide bonds. The van der Waals surface area contributed by atoms with Gasteiger partial charge in [-0.25, -0.2) is 24.3 Å². The predicted octanol–water partition coefficient (Wildman–Crippen LogP) is 3.19. The van der Waals surface area contributed by atoms with E-state index in [1.165, 1.54) is 25.6 Å². The number of anilines is 1. The van der Waals surface area contributed by atoms with Crippen molar-refractivity contribution < 1.29 is 18.7 Å². The van der Waals surface area contributed by atoms with Crippen LogP contribution in [0.2, 0.25) is 0 Å². The molecule has 5 rings (SSSR count). The molecular weight excluding hydrogens is 503 g/mol. The van der Waals surface area contributed by atoms with Crippen LogP contribution in [0.3, 0.4) is 0 Å². The zero-order valence-electron chi connectivity index (χ0n) is 21.3. The average molecular weight is 531 g/mol. The monoisotopic (exact) mass is 530 g/mol. The Balaban J connectivity index is 1.20. The van der Waals surface area contributed by atoms with E-state index in [4.69, 9.17) is 0 Å². The lowest BCUT2D eigenvalue weighted by Crippen LogP contribution is -2.40. The minimum Gasteiger partial charge on any atom is -0.465 e. The van der Waals surface area contributed by atoms with Crippen LogP contribution in [0.4, 0.5) is 10.3 Å². The van der Waals surface area contributed by atoms with E-state index >= 15 is 0 Å². The van der Waals surface area contributed by atoms with Gasteiger partial charge in [0.1, 0.15) is 5.82 Å².